The number of hydrogen-bond donors (Lipinski definition) is 1. The summed E-state index contributed by atoms with van der Waals surface area (Å²) in [5.41, 5.74) is 5.76. The lowest BCUT2D eigenvalue weighted by Crippen LogP contribution is -2.42. The second-order valence-corrected chi connectivity index (χ2v) is 4.07. The smallest absolute Gasteiger partial charge is 0.239 e. The molecule has 1 rings (SSSR count). The first-order valence-electron chi connectivity index (χ1n) is 5.19. The van der Waals surface area contributed by atoms with E-state index < -0.39 is 0 Å². The van der Waals surface area contributed by atoms with Crippen LogP contribution in [0.4, 0.5) is 0 Å². The number of likely N-dealkylation sites (tertiary alicyclic amines) is 1. The number of carbonyl (C=O) groups excluding carboxylic acids is 1. The Hall–Kier alpha value is -0.570. The van der Waals surface area contributed by atoms with Crippen LogP contribution in [0.3, 0.4) is 0 Å². The van der Waals surface area contributed by atoms with Crippen molar-refractivity contribution >= 4 is 5.91 Å². The van der Waals surface area contributed by atoms with Gasteiger partial charge in [-0.25, -0.2) is 0 Å². The SMILES string of the molecule is CCCC(N)C(=O)N1CCC(C)C1. The number of nitrogens with zero attached hydrogens (tertiary/aromatic N) is 1. The molecule has 2 unspecified atom stereocenters. The van der Waals surface area contributed by atoms with Gasteiger partial charge >= 0.3 is 0 Å². The third kappa shape index (κ3) is 2.69. The Labute approximate surface area is 80.3 Å². The Bertz CT molecular complexity index is 182. The van der Waals surface area contributed by atoms with Gasteiger partial charge in [-0.1, -0.05) is 20.3 Å². The molecule has 1 amide bonds. The molecule has 1 fully saturated rings. The maximum absolute atomic E-state index is 11.7. The molecule has 0 aromatic heterocycles. The van der Waals surface area contributed by atoms with E-state index in [2.05, 4.69) is 13.8 Å². The van der Waals surface area contributed by atoms with Crippen LogP contribution in [-0.4, -0.2) is 29.9 Å². The second-order valence-electron chi connectivity index (χ2n) is 4.07. The van der Waals surface area contributed by atoms with Crippen LogP contribution in [0.5, 0.6) is 0 Å². The van der Waals surface area contributed by atoms with Crippen LogP contribution in [0.25, 0.3) is 0 Å². The van der Waals surface area contributed by atoms with Crippen molar-refractivity contribution in [2.45, 2.75) is 39.2 Å². The molecule has 76 valence electrons. The number of hydrogen-bond acceptors (Lipinski definition) is 2. The topological polar surface area (TPSA) is 46.3 Å². The van der Waals surface area contributed by atoms with E-state index >= 15 is 0 Å². The van der Waals surface area contributed by atoms with Crippen LogP contribution < -0.4 is 5.73 Å². The van der Waals surface area contributed by atoms with Gasteiger partial charge in [0.1, 0.15) is 0 Å². The molecular formula is C10H20N2O. The quantitative estimate of drug-likeness (QED) is 0.710. The lowest BCUT2D eigenvalue weighted by Gasteiger charge is -2.20. The van der Waals surface area contributed by atoms with Crippen molar-refractivity contribution in [2.24, 2.45) is 11.7 Å². The highest BCUT2D eigenvalue weighted by molar-refractivity contribution is 5.81. The Kier molecular flexibility index (Phi) is 3.72. The number of nitrogens with two attached hydrogens (primary N) is 1. The molecule has 0 saturated carbocycles. The minimum atomic E-state index is -0.268. The van der Waals surface area contributed by atoms with Gasteiger partial charge in [0.2, 0.25) is 5.91 Å². The number of amides is 1. The largest absolute Gasteiger partial charge is 0.341 e. The van der Waals surface area contributed by atoms with E-state index in [1.54, 1.807) is 0 Å². The lowest BCUT2D eigenvalue weighted by atomic mass is 10.1. The summed E-state index contributed by atoms with van der Waals surface area (Å²) < 4.78 is 0. The first-order valence-corrected chi connectivity index (χ1v) is 5.19. The molecule has 2 atom stereocenters. The van der Waals surface area contributed by atoms with Crippen LogP contribution in [0.1, 0.15) is 33.1 Å². The molecule has 0 bridgehead atoms. The lowest BCUT2D eigenvalue weighted by molar-refractivity contribution is -0.131. The van der Waals surface area contributed by atoms with E-state index in [-0.39, 0.29) is 11.9 Å². The maximum atomic E-state index is 11.7. The first kappa shape index (κ1) is 10.5. The van der Waals surface area contributed by atoms with Gasteiger partial charge in [-0.3, -0.25) is 4.79 Å². The maximum Gasteiger partial charge on any atom is 0.239 e. The fourth-order valence-corrected chi connectivity index (χ4v) is 1.80. The van der Waals surface area contributed by atoms with Gasteiger partial charge < -0.3 is 10.6 Å². The summed E-state index contributed by atoms with van der Waals surface area (Å²) >= 11 is 0. The summed E-state index contributed by atoms with van der Waals surface area (Å²) in [6.07, 6.45) is 2.92. The molecule has 0 spiro atoms. The van der Waals surface area contributed by atoms with Crippen LogP contribution in [0.15, 0.2) is 0 Å². The van der Waals surface area contributed by atoms with Gasteiger partial charge in [0, 0.05) is 13.1 Å². The van der Waals surface area contributed by atoms with Crippen molar-refractivity contribution in [1.29, 1.82) is 0 Å². The Balaban J connectivity index is 2.38. The summed E-state index contributed by atoms with van der Waals surface area (Å²) in [4.78, 5) is 13.6. The van der Waals surface area contributed by atoms with Crippen molar-refractivity contribution in [1.82, 2.24) is 4.90 Å². The summed E-state index contributed by atoms with van der Waals surface area (Å²) in [6.45, 7) is 6.03. The van der Waals surface area contributed by atoms with Gasteiger partial charge in [0.05, 0.1) is 6.04 Å². The summed E-state index contributed by atoms with van der Waals surface area (Å²) in [5, 5.41) is 0. The molecule has 0 radical (unpaired) electrons. The molecule has 0 aromatic rings. The van der Waals surface area contributed by atoms with Crippen molar-refractivity contribution in [3.05, 3.63) is 0 Å². The molecule has 1 aliphatic heterocycles. The van der Waals surface area contributed by atoms with Gasteiger partial charge in [0.25, 0.3) is 0 Å². The van der Waals surface area contributed by atoms with E-state index in [4.69, 9.17) is 5.73 Å². The molecule has 3 heteroatoms. The predicted molar refractivity (Wildman–Crippen MR) is 53.2 cm³/mol. The van der Waals surface area contributed by atoms with Gasteiger partial charge in [-0.15, -0.1) is 0 Å². The average molecular weight is 184 g/mol. The molecule has 0 aliphatic carbocycles. The molecule has 1 saturated heterocycles. The van der Waals surface area contributed by atoms with Gasteiger partial charge in [0.15, 0.2) is 0 Å². The monoisotopic (exact) mass is 184 g/mol. The summed E-state index contributed by atoms with van der Waals surface area (Å²) in [5.74, 6) is 0.795. The van der Waals surface area contributed by atoms with Crippen LogP contribution >= 0.6 is 0 Å². The standard InChI is InChI=1S/C10H20N2O/c1-3-4-9(11)10(13)12-6-5-8(2)7-12/h8-9H,3-7,11H2,1-2H3. The van der Waals surface area contributed by atoms with Crippen molar-refractivity contribution < 1.29 is 4.79 Å². The van der Waals surface area contributed by atoms with E-state index in [0.717, 1.165) is 32.4 Å². The van der Waals surface area contributed by atoms with Crippen LogP contribution in [0.2, 0.25) is 0 Å². The highest BCUT2D eigenvalue weighted by atomic mass is 16.2. The normalized spacial score (nSPS) is 24.8. The van der Waals surface area contributed by atoms with Crippen molar-refractivity contribution in [3.63, 3.8) is 0 Å². The highest BCUT2D eigenvalue weighted by Crippen LogP contribution is 2.16. The minimum absolute atomic E-state index is 0.145. The van der Waals surface area contributed by atoms with Gasteiger partial charge in [-0.2, -0.15) is 0 Å². The third-order valence-corrected chi connectivity index (χ3v) is 2.65. The molecular weight excluding hydrogens is 164 g/mol. The first-order chi connectivity index (χ1) is 6.15. The molecule has 1 heterocycles. The van der Waals surface area contributed by atoms with Crippen molar-refractivity contribution in [3.8, 4) is 0 Å². The minimum Gasteiger partial charge on any atom is -0.341 e. The zero-order valence-electron chi connectivity index (χ0n) is 8.62. The summed E-state index contributed by atoms with van der Waals surface area (Å²) in [6, 6.07) is -0.268. The number of carbonyl (C=O) groups is 1. The van der Waals surface area contributed by atoms with E-state index in [1.165, 1.54) is 0 Å². The van der Waals surface area contributed by atoms with E-state index in [9.17, 15) is 4.79 Å². The molecule has 1 aliphatic rings. The Morgan fingerprint density at radius 1 is 1.69 bits per heavy atom. The Morgan fingerprint density at radius 3 is 2.85 bits per heavy atom. The van der Waals surface area contributed by atoms with Crippen LogP contribution in [-0.2, 0) is 4.79 Å². The summed E-state index contributed by atoms with van der Waals surface area (Å²) in [7, 11) is 0. The van der Waals surface area contributed by atoms with E-state index in [1.807, 2.05) is 4.90 Å². The fourth-order valence-electron chi connectivity index (χ4n) is 1.80. The molecule has 13 heavy (non-hydrogen) atoms. The number of rotatable bonds is 3. The van der Waals surface area contributed by atoms with Crippen LogP contribution in [0, 0.1) is 5.92 Å². The average Bonchev–Trinajstić information content (AvgIpc) is 2.51. The zero-order valence-corrected chi connectivity index (χ0v) is 8.62. The Morgan fingerprint density at radius 2 is 2.38 bits per heavy atom. The van der Waals surface area contributed by atoms with Crippen molar-refractivity contribution in [2.75, 3.05) is 13.1 Å². The molecule has 2 N–H and O–H groups in total. The second kappa shape index (κ2) is 4.61. The third-order valence-electron chi connectivity index (χ3n) is 2.65. The molecule has 0 aromatic carbocycles. The molecule has 3 nitrogen and oxygen atoms in total. The van der Waals surface area contributed by atoms with E-state index in [0.29, 0.717) is 5.92 Å². The zero-order chi connectivity index (χ0) is 9.84. The fraction of sp³-hybridized carbons (Fsp3) is 0.900. The highest BCUT2D eigenvalue weighted by Gasteiger charge is 2.26. The predicted octanol–water partition coefficient (Wildman–Crippen LogP) is 0.982. The van der Waals surface area contributed by atoms with Gasteiger partial charge in [-0.05, 0) is 18.8 Å².